The van der Waals surface area contributed by atoms with E-state index in [4.69, 9.17) is 15.7 Å². The van der Waals surface area contributed by atoms with Crippen molar-refractivity contribution in [3.05, 3.63) is 18.2 Å². The van der Waals surface area contributed by atoms with Crippen LogP contribution in [0.4, 0.5) is 11.4 Å². The lowest BCUT2D eigenvalue weighted by Gasteiger charge is -2.21. The number of nitrogens with zero attached hydrogens (tertiary/aromatic N) is 2. The topological polar surface area (TPSA) is 91.4 Å². The monoisotopic (exact) mass is 290 g/mol. The van der Waals surface area contributed by atoms with E-state index in [1.54, 1.807) is 25.3 Å². The molecule has 0 saturated carbocycles. The Morgan fingerprint density at radius 1 is 1.57 bits per heavy atom. The van der Waals surface area contributed by atoms with Crippen molar-refractivity contribution >= 4 is 17.3 Å². The highest BCUT2D eigenvalue weighted by atomic mass is 16.5. The van der Waals surface area contributed by atoms with Crippen LogP contribution in [0.25, 0.3) is 0 Å². The van der Waals surface area contributed by atoms with Crippen molar-refractivity contribution in [1.29, 1.82) is 5.26 Å². The molecular weight excluding hydrogens is 268 g/mol. The normalized spacial score (nSPS) is 11.8. The lowest BCUT2D eigenvalue weighted by atomic mass is 10.2. The minimum Gasteiger partial charge on any atom is -0.497 e. The summed E-state index contributed by atoms with van der Waals surface area (Å²) in [6.07, 6.45) is 0. The third-order valence-corrected chi connectivity index (χ3v) is 3.10. The third-order valence-electron chi connectivity index (χ3n) is 3.10. The molecule has 0 fully saturated rings. The van der Waals surface area contributed by atoms with Crippen molar-refractivity contribution in [2.75, 3.05) is 37.8 Å². The maximum atomic E-state index is 12.0. The molecule has 0 saturated heterocycles. The summed E-state index contributed by atoms with van der Waals surface area (Å²) in [4.78, 5) is 14.0. The second-order valence-corrected chi connectivity index (χ2v) is 4.86. The van der Waals surface area contributed by atoms with Crippen molar-refractivity contribution < 1.29 is 9.53 Å². The molecule has 0 aliphatic carbocycles. The Labute approximate surface area is 125 Å². The number of ether oxygens (including phenoxy) is 1. The molecule has 1 unspecified atom stereocenters. The Morgan fingerprint density at radius 3 is 2.81 bits per heavy atom. The third kappa shape index (κ3) is 5.32. The van der Waals surface area contributed by atoms with Crippen LogP contribution in [-0.4, -0.2) is 37.6 Å². The number of nitrogens with two attached hydrogens (primary N) is 1. The van der Waals surface area contributed by atoms with Gasteiger partial charge in [0.1, 0.15) is 5.75 Å². The van der Waals surface area contributed by atoms with Gasteiger partial charge in [0, 0.05) is 12.6 Å². The lowest BCUT2D eigenvalue weighted by molar-refractivity contribution is -0.117. The number of carbonyl (C=O) groups is 1. The van der Waals surface area contributed by atoms with E-state index in [0.29, 0.717) is 30.2 Å². The minimum atomic E-state index is -0.154. The summed E-state index contributed by atoms with van der Waals surface area (Å²) in [6.45, 7) is 5.30. The summed E-state index contributed by atoms with van der Waals surface area (Å²) in [5, 5.41) is 11.6. The van der Waals surface area contributed by atoms with E-state index in [2.05, 4.69) is 11.4 Å². The number of likely N-dealkylation sites (N-methyl/N-ethyl adjacent to an activating group) is 1. The van der Waals surface area contributed by atoms with E-state index in [1.807, 2.05) is 18.7 Å². The SMILES string of the molecule is CCN(CC(=O)Nc1ccc(OC)cc1N)CC(C)C#N. The molecule has 0 aliphatic heterocycles. The molecule has 1 atom stereocenters. The molecule has 6 heteroatoms. The van der Waals surface area contributed by atoms with E-state index in [9.17, 15) is 4.79 Å². The van der Waals surface area contributed by atoms with E-state index >= 15 is 0 Å². The summed E-state index contributed by atoms with van der Waals surface area (Å²) >= 11 is 0. The summed E-state index contributed by atoms with van der Waals surface area (Å²) in [6, 6.07) is 7.27. The Balaban J connectivity index is 2.62. The zero-order chi connectivity index (χ0) is 15.8. The number of hydrogen-bond donors (Lipinski definition) is 2. The molecule has 1 aromatic rings. The van der Waals surface area contributed by atoms with Gasteiger partial charge in [-0.15, -0.1) is 0 Å². The van der Waals surface area contributed by atoms with Gasteiger partial charge in [0.15, 0.2) is 0 Å². The molecule has 1 amide bonds. The van der Waals surface area contributed by atoms with Gasteiger partial charge in [-0.05, 0) is 25.6 Å². The molecule has 114 valence electrons. The maximum Gasteiger partial charge on any atom is 0.238 e. The van der Waals surface area contributed by atoms with Crippen LogP contribution >= 0.6 is 0 Å². The van der Waals surface area contributed by atoms with Crippen LogP contribution in [0, 0.1) is 17.2 Å². The lowest BCUT2D eigenvalue weighted by Crippen LogP contribution is -2.35. The highest BCUT2D eigenvalue weighted by Crippen LogP contribution is 2.23. The largest absolute Gasteiger partial charge is 0.497 e. The van der Waals surface area contributed by atoms with E-state index in [0.717, 1.165) is 0 Å². The van der Waals surface area contributed by atoms with Crippen LogP contribution in [0.1, 0.15) is 13.8 Å². The van der Waals surface area contributed by atoms with Crippen LogP contribution < -0.4 is 15.8 Å². The minimum absolute atomic E-state index is 0.108. The van der Waals surface area contributed by atoms with Gasteiger partial charge in [-0.3, -0.25) is 9.69 Å². The van der Waals surface area contributed by atoms with Crippen LogP contribution in [0.5, 0.6) is 5.75 Å². The van der Waals surface area contributed by atoms with Crippen molar-refractivity contribution in [1.82, 2.24) is 4.90 Å². The molecule has 0 spiro atoms. The summed E-state index contributed by atoms with van der Waals surface area (Å²) in [7, 11) is 1.56. The number of carbonyl (C=O) groups excluding carboxylic acids is 1. The molecule has 0 aromatic heterocycles. The highest BCUT2D eigenvalue weighted by molar-refractivity contribution is 5.95. The number of hydrogen-bond acceptors (Lipinski definition) is 5. The fraction of sp³-hybridized carbons (Fsp3) is 0.467. The number of amides is 1. The number of anilines is 2. The number of benzene rings is 1. The predicted molar refractivity (Wildman–Crippen MR) is 82.9 cm³/mol. The zero-order valence-electron chi connectivity index (χ0n) is 12.7. The fourth-order valence-electron chi connectivity index (χ4n) is 1.91. The number of methoxy groups -OCH3 is 1. The molecular formula is C15H22N4O2. The fourth-order valence-corrected chi connectivity index (χ4v) is 1.91. The van der Waals surface area contributed by atoms with Crippen molar-refractivity contribution in [3.63, 3.8) is 0 Å². The number of nitrogen functional groups attached to an aromatic ring is 1. The molecule has 0 aliphatic rings. The highest BCUT2D eigenvalue weighted by Gasteiger charge is 2.13. The molecule has 21 heavy (non-hydrogen) atoms. The second-order valence-electron chi connectivity index (χ2n) is 4.86. The Bertz CT molecular complexity index is 525. The average molecular weight is 290 g/mol. The smallest absolute Gasteiger partial charge is 0.238 e. The zero-order valence-corrected chi connectivity index (χ0v) is 12.7. The quantitative estimate of drug-likeness (QED) is 0.746. The first-order valence-corrected chi connectivity index (χ1v) is 6.85. The molecule has 1 aromatic carbocycles. The molecule has 0 radical (unpaired) electrons. The van der Waals surface area contributed by atoms with Gasteiger partial charge >= 0.3 is 0 Å². The van der Waals surface area contributed by atoms with Crippen LogP contribution in [0.3, 0.4) is 0 Å². The van der Waals surface area contributed by atoms with E-state index in [1.165, 1.54) is 0 Å². The molecule has 3 N–H and O–H groups in total. The van der Waals surface area contributed by atoms with Gasteiger partial charge in [0.2, 0.25) is 5.91 Å². The van der Waals surface area contributed by atoms with E-state index in [-0.39, 0.29) is 18.4 Å². The van der Waals surface area contributed by atoms with Gasteiger partial charge < -0.3 is 15.8 Å². The van der Waals surface area contributed by atoms with Gasteiger partial charge in [0.05, 0.1) is 37.0 Å². The van der Waals surface area contributed by atoms with Gasteiger partial charge in [-0.25, -0.2) is 0 Å². The first kappa shape index (κ1) is 16.8. The van der Waals surface area contributed by atoms with E-state index < -0.39 is 0 Å². The molecule has 0 bridgehead atoms. The summed E-state index contributed by atoms with van der Waals surface area (Å²) < 4.78 is 5.06. The van der Waals surface area contributed by atoms with Crippen LogP contribution in [0.2, 0.25) is 0 Å². The first-order valence-electron chi connectivity index (χ1n) is 6.85. The van der Waals surface area contributed by atoms with Gasteiger partial charge in [0.25, 0.3) is 0 Å². The predicted octanol–water partition coefficient (Wildman–Crippen LogP) is 1.70. The van der Waals surface area contributed by atoms with Crippen LogP contribution in [0.15, 0.2) is 18.2 Å². The second kappa shape index (κ2) is 8.12. The Hall–Kier alpha value is -2.26. The number of nitrogens with one attached hydrogen (secondary N) is 1. The first-order chi connectivity index (χ1) is 9.99. The molecule has 0 heterocycles. The maximum absolute atomic E-state index is 12.0. The molecule has 6 nitrogen and oxygen atoms in total. The Morgan fingerprint density at radius 2 is 2.29 bits per heavy atom. The van der Waals surface area contributed by atoms with Crippen LogP contribution in [-0.2, 0) is 4.79 Å². The summed E-state index contributed by atoms with van der Waals surface area (Å²) in [5.74, 6) is 0.381. The standard InChI is InChI=1S/C15H22N4O2/c1-4-19(9-11(2)8-16)10-15(20)18-14-6-5-12(21-3)7-13(14)17/h5-7,11H,4,9-10,17H2,1-3H3,(H,18,20). The average Bonchev–Trinajstić information content (AvgIpc) is 2.48. The van der Waals surface area contributed by atoms with Gasteiger partial charge in [-0.1, -0.05) is 6.92 Å². The number of nitriles is 1. The van der Waals surface area contributed by atoms with Crippen molar-refractivity contribution in [2.24, 2.45) is 5.92 Å². The van der Waals surface area contributed by atoms with Crippen molar-refractivity contribution in [3.8, 4) is 11.8 Å². The summed E-state index contributed by atoms with van der Waals surface area (Å²) in [5.41, 5.74) is 6.87. The number of rotatable bonds is 7. The Kier molecular flexibility index (Phi) is 6.50. The van der Waals surface area contributed by atoms with Gasteiger partial charge in [-0.2, -0.15) is 5.26 Å². The van der Waals surface area contributed by atoms with Crippen molar-refractivity contribution in [2.45, 2.75) is 13.8 Å². The molecule has 1 rings (SSSR count).